The van der Waals surface area contributed by atoms with Gasteiger partial charge in [-0.05, 0) is 31.5 Å². The molecule has 1 aliphatic heterocycles. The fourth-order valence-corrected chi connectivity index (χ4v) is 2.85. The van der Waals surface area contributed by atoms with Crippen LogP contribution in [0.25, 0.3) is 0 Å². The van der Waals surface area contributed by atoms with Crippen LogP contribution in [0.5, 0.6) is 11.5 Å². The summed E-state index contributed by atoms with van der Waals surface area (Å²) in [5.74, 6) is -0.318. The highest BCUT2D eigenvalue weighted by molar-refractivity contribution is 7.80. The molecule has 1 heterocycles. The van der Waals surface area contributed by atoms with Gasteiger partial charge in [0.2, 0.25) is 0 Å². The van der Waals surface area contributed by atoms with E-state index in [1.165, 1.54) is 20.6 Å². The molecule has 1 aromatic carbocycles. The molecule has 1 fully saturated rings. The second-order valence-corrected chi connectivity index (χ2v) is 6.13. The molecule has 0 bridgehead atoms. The molecule has 0 amide bonds. The van der Waals surface area contributed by atoms with Crippen molar-refractivity contribution in [2.75, 3.05) is 39.7 Å². The molecule has 0 aromatic heterocycles. The first-order chi connectivity index (χ1) is 12.8. The SMILES string of the molecule is CC(=O)O.COC(=O)c1cc(OC)c(OC)cc1NC(=S)N1CCCCC1. The van der Waals surface area contributed by atoms with Gasteiger partial charge >= 0.3 is 5.97 Å². The van der Waals surface area contributed by atoms with E-state index in [-0.39, 0.29) is 0 Å². The number of carboxylic acid groups (broad SMARTS) is 1. The first kappa shape index (κ1) is 22.5. The Balaban J connectivity index is 0.000000828. The van der Waals surface area contributed by atoms with E-state index >= 15 is 0 Å². The van der Waals surface area contributed by atoms with Gasteiger partial charge in [-0.3, -0.25) is 4.79 Å². The summed E-state index contributed by atoms with van der Waals surface area (Å²) in [7, 11) is 4.40. The number of hydrogen-bond acceptors (Lipinski definition) is 6. The average Bonchev–Trinajstić information content (AvgIpc) is 2.67. The highest BCUT2D eigenvalue weighted by atomic mass is 32.1. The molecular weight excluding hydrogens is 372 g/mol. The molecule has 27 heavy (non-hydrogen) atoms. The number of aliphatic carboxylic acids is 1. The van der Waals surface area contributed by atoms with Crippen molar-refractivity contribution in [2.24, 2.45) is 0 Å². The van der Waals surface area contributed by atoms with Gasteiger partial charge < -0.3 is 29.5 Å². The Labute approximate surface area is 164 Å². The molecule has 1 aromatic rings. The number of likely N-dealkylation sites (tertiary alicyclic amines) is 1. The molecule has 8 nitrogen and oxygen atoms in total. The molecular formula is C18H26N2O6S. The standard InChI is InChI=1S/C16H22N2O4S.C2H4O2/c1-20-13-9-11(15(19)22-3)12(10-14(13)21-2)17-16(23)18-7-5-4-6-8-18;1-2(3)4/h9-10H,4-8H2,1-3H3,(H,17,23);1H3,(H,3,4). The molecule has 0 radical (unpaired) electrons. The fraction of sp³-hybridized carbons (Fsp3) is 0.500. The summed E-state index contributed by atoms with van der Waals surface area (Å²) >= 11 is 5.47. The fourth-order valence-electron chi connectivity index (χ4n) is 2.55. The number of benzene rings is 1. The van der Waals surface area contributed by atoms with Gasteiger partial charge in [0.1, 0.15) is 0 Å². The van der Waals surface area contributed by atoms with Crippen molar-refractivity contribution in [1.29, 1.82) is 0 Å². The van der Waals surface area contributed by atoms with Crippen LogP contribution in [-0.2, 0) is 9.53 Å². The van der Waals surface area contributed by atoms with E-state index in [0.717, 1.165) is 32.9 Å². The number of rotatable bonds is 4. The number of nitrogens with one attached hydrogen (secondary N) is 1. The van der Waals surface area contributed by atoms with Crippen molar-refractivity contribution in [3.8, 4) is 11.5 Å². The summed E-state index contributed by atoms with van der Waals surface area (Å²) in [6.45, 7) is 2.93. The third kappa shape index (κ3) is 6.93. The number of ether oxygens (including phenoxy) is 3. The van der Waals surface area contributed by atoms with Crippen molar-refractivity contribution in [3.63, 3.8) is 0 Å². The normalized spacial score (nSPS) is 13.0. The van der Waals surface area contributed by atoms with E-state index in [0.29, 0.717) is 27.9 Å². The van der Waals surface area contributed by atoms with E-state index in [4.69, 9.17) is 36.3 Å². The van der Waals surface area contributed by atoms with Crippen molar-refractivity contribution >= 4 is 35.0 Å². The van der Waals surface area contributed by atoms with Crippen LogP contribution in [0.1, 0.15) is 36.5 Å². The van der Waals surface area contributed by atoms with E-state index in [1.54, 1.807) is 19.2 Å². The molecule has 2 rings (SSSR count). The minimum Gasteiger partial charge on any atom is -0.493 e. The number of methoxy groups -OCH3 is 3. The maximum atomic E-state index is 12.0. The van der Waals surface area contributed by atoms with Crippen molar-refractivity contribution < 1.29 is 28.9 Å². The van der Waals surface area contributed by atoms with Gasteiger partial charge in [-0.15, -0.1) is 0 Å². The van der Waals surface area contributed by atoms with Crippen LogP contribution in [0.2, 0.25) is 0 Å². The Morgan fingerprint density at radius 1 is 1.07 bits per heavy atom. The van der Waals surface area contributed by atoms with Gasteiger partial charge in [0.05, 0.1) is 32.6 Å². The van der Waals surface area contributed by atoms with Gasteiger partial charge in [0, 0.05) is 32.1 Å². The Kier molecular flexibility index (Phi) is 9.35. The van der Waals surface area contributed by atoms with Gasteiger partial charge in [-0.2, -0.15) is 0 Å². The first-order valence-corrected chi connectivity index (χ1v) is 8.84. The van der Waals surface area contributed by atoms with E-state index in [9.17, 15) is 4.79 Å². The third-order valence-corrected chi connectivity index (χ3v) is 4.17. The highest BCUT2D eigenvalue weighted by Crippen LogP contribution is 2.34. The summed E-state index contributed by atoms with van der Waals surface area (Å²) in [5.41, 5.74) is 0.898. The zero-order chi connectivity index (χ0) is 20.4. The minimum absolute atomic E-state index is 0.351. The second-order valence-electron chi connectivity index (χ2n) is 5.74. The van der Waals surface area contributed by atoms with Crippen LogP contribution in [0, 0.1) is 0 Å². The van der Waals surface area contributed by atoms with E-state index in [2.05, 4.69) is 10.2 Å². The minimum atomic E-state index is -0.833. The van der Waals surface area contributed by atoms with Gasteiger partial charge in [0.25, 0.3) is 5.97 Å². The van der Waals surface area contributed by atoms with Crippen molar-refractivity contribution in [3.05, 3.63) is 17.7 Å². The van der Waals surface area contributed by atoms with Gasteiger partial charge in [0.15, 0.2) is 16.6 Å². The molecule has 1 aliphatic rings. The number of carbonyl (C=O) groups excluding carboxylic acids is 1. The molecule has 0 spiro atoms. The molecule has 0 unspecified atom stereocenters. The molecule has 0 aliphatic carbocycles. The number of hydrogen-bond donors (Lipinski definition) is 2. The zero-order valence-electron chi connectivity index (χ0n) is 16.0. The topological polar surface area (TPSA) is 97.3 Å². The van der Waals surface area contributed by atoms with Crippen LogP contribution in [-0.4, -0.2) is 61.5 Å². The second kappa shape index (κ2) is 11.2. The molecule has 9 heteroatoms. The van der Waals surface area contributed by atoms with Crippen LogP contribution >= 0.6 is 12.2 Å². The maximum Gasteiger partial charge on any atom is 0.340 e. The number of nitrogens with zero attached hydrogens (tertiary/aromatic N) is 1. The lowest BCUT2D eigenvalue weighted by Gasteiger charge is -2.29. The van der Waals surface area contributed by atoms with E-state index < -0.39 is 11.9 Å². The number of piperidine rings is 1. The number of carbonyl (C=O) groups is 2. The lowest BCUT2D eigenvalue weighted by molar-refractivity contribution is -0.134. The van der Waals surface area contributed by atoms with Crippen LogP contribution < -0.4 is 14.8 Å². The first-order valence-electron chi connectivity index (χ1n) is 8.43. The summed E-state index contributed by atoms with van der Waals surface area (Å²) in [5, 5.41) is 11.2. The maximum absolute atomic E-state index is 12.0. The Hall–Kier alpha value is -2.55. The van der Waals surface area contributed by atoms with Crippen LogP contribution in [0.3, 0.4) is 0 Å². The molecule has 2 N–H and O–H groups in total. The van der Waals surface area contributed by atoms with E-state index in [1.807, 2.05) is 0 Å². The van der Waals surface area contributed by atoms with Crippen molar-refractivity contribution in [1.82, 2.24) is 4.90 Å². The van der Waals surface area contributed by atoms with Crippen molar-refractivity contribution in [2.45, 2.75) is 26.2 Å². The monoisotopic (exact) mass is 398 g/mol. The number of esters is 1. The highest BCUT2D eigenvalue weighted by Gasteiger charge is 2.20. The lowest BCUT2D eigenvalue weighted by atomic mass is 10.1. The third-order valence-electron chi connectivity index (χ3n) is 3.81. The number of anilines is 1. The largest absolute Gasteiger partial charge is 0.493 e. The Bertz CT molecular complexity index is 670. The Morgan fingerprint density at radius 3 is 2.07 bits per heavy atom. The summed E-state index contributed by atoms with van der Waals surface area (Å²) < 4.78 is 15.4. The molecule has 0 atom stereocenters. The number of thiocarbonyl (C=S) groups is 1. The smallest absolute Gasteiger partial charge is 0.340 e. The van der Waals surface area contributed by atoms with Gasteiger partial charge in [-0.1, -0.05) is 0 Å². The molecule has 0 saturated carbocycles. The summed E-state index contributed by atoms with van der Waals surface area (Å²) in [4.78, 5) is 23.2. The molecule has 150 valence electrons. The zero-order valence-corrected chi connectivity index (χ0v) is 16.9. The predicted octanol–water partition coefficient (Wildman–Crippen LogP) is 2.76. The average molecular weight is 398 g/mol. The molecule has 1 saturated heterocycles. The van der Waals surface area contributed by atoms with Crippen LogP contribution in [0.15, 0.2) is 12.1 Å². The Morgan fingerprint density at radius 2 is 1.59 bits per heavy atom. The summed E-state index contributed by atoms with van der Waals surface area (Å²) in [6.07, 6.45) is 3.47. The number of carboxylic acids is 1. The summed E-state index contributed by atoms with van der Waals surface area (Å²) in [6, 6.07) is 3.28. The quantitative estimate of drug-likeness (QED) is 0.586. The van der Waals surface area contributed by atoms with Gasteiger partial charge in [-0.25, -0.2) is 4.79 Å². The lowest BCUT2D eigenvalue weighted by Crippen LogP contribution is -2.38. The predicted molar refractivity (Wildman–Crippen MR) is 106 cm³/mol. The van der Waals surface area contributed by atoms with Crippen LogP contribution in [0.4, 0.5) is 5.69 Å².